The molecule has 0 aliphatic carbocycles. The van der Waals surface area contributed by atoms with Crippen LogP contribution in [0.4, 0.5) is 11.5 Å². The smallest absolute Gasteiger partial charge is 0.264 e. The van der Waals surface area contributed by atoms with Gasteiger partial charge in [0.2, 0.25) is 30.4 Å². The molecule has 2 aromatic carbocycles. The maximum Gasteiger partial charge on any atom is 0.264 e. The summed E-state index contributed by atoms with van der Waals surface area (Å²) in [5, 5.41) is 5.42. The Labute approximate surface area is 306 Å². The molecule has 1 unspecified atom stereocenters. The molecule has 7 rings (SSSR count). The predicted octanol–water partition coefficient (Wildman–Crippen LogP) is 2.52. The van der Waals surface area contributed by atoms with Gasteiger partial charge in [-0.3, -0.25) is 39.0 Å². The van der Waals surface area contributed by atoms with Gasteiger partial charge in [-0.25, -0.2) is 15.0 Å². The third-order valence-corrected chi connectivity index (χ3v) is 10.4. The Morgan fingerprint density at radius 1 is 1.08 bits per heavy atom. The maximum atomic E-state index is 13.4. The van der Waals surface area contributed by atoms with E-state index in [0.717, 1.165) is 21.8 Å². The summed E-state index contributed by atoms with van der Waals surface area (Å²) in [5.74, 6) is -1.89. The standard InChI is InChI=1S/C35H35N9O8S/c1-3-18-14-22-23(52-17-51-22)15-24(18)53-35-41-29-30(36)37-16-38-31(29)43(35)13-12-42(4-2)27(47)11-10-25(45)39-20-7-5-6-19-28(20)34(50)44(33(19)49)21-8-9-26(46)40-32(21)48/h5-7,14-16,21H,3-4,8-13,17H2,1-2H3,(H,39,45)(H2,36,37,38)(H,40,46,48). The number of nitrogen functional groups attached to an aromatic ring is 1. The number of hydrogen-bond donors (Lipinski definition) is 3. The van der Waals surface area contributed by atoms with Crippen molar-refractivity contribution in [2.24, 2.45) is 0 Å². The molecule has 4 aromatic rings. The van der Waals surface area contributed by atoms with Gasteiger partial charge in [-0.05, 0) is 49.6 Å². The fourth-order valence-corrected chi connectivity index (χ4v) is 7.66. The lowest BCUT2D eigenvalue weighted by atomic mass is 10.0. The van der Waals surface area contributed by atoms with Crippen LogP contribution >= 0.6 is 11.8 Å². The van der Waals surface area contributed by atoms with Crippen molar-refractivity contribution in [3.05, 3.63) is 53.3 Å². The lowest BCUT2D eigenvalue weighted by molar-refractivity contribution is -0.136. The van der Waals surface area contributed by atoms with Crippen molar-refractivity contribution in [1.82, 2.24) is 34.6 Å². The van der Waals surface area contributed by atoms with Gasteiger partial charge in [0.1, 0.15) is 12.4 Å². The average Bonchev–Trinajstić information content (AvgIpc) is 3.82. The molecule has 1 atom stereocenters. The summed E-state index contributed by atoms with van der Waals surface area (Å²) in [5.41, 5.74) is 8.25. The molecule has 6 amide bonds. The molecular weight excluding hydrogens is 707 g/mol. The SMILES string of the molecule is CCc1cc2c(cc1Sc1nc3c(N)ncnc3n1CCN(CC)C(=O)CCC(=O)Nc1cccc3c1C(=O)N(C1CCC(=O)NC1=O)C3=O)OCO2. The number of amides is 6. The average molecular weight is 742 g/mol. The summed E-state index contributed by atoms with van der Waals surface area (Å²) in [6.07, 6.45) is 1.78. The first-order valence-corrected chi connectivity index (χ1v) is 17.9. The number of rotatable bonds is 12. The number of aryl methyl sites for hydroxylation is 1. The second-order valence-corrected chi connectivity index (χ2v) is 13.5. The Bertz CT molecular complexity index is 2210. The highest BCUT2D eigenvalue weighted by Gasteiger charge is 2.45. The Kier molecular flexibility index (Phi) is 9.70. The predicted molar refractivity (Wildman–Crippen MR) is 189 cm³/mol. The summed E-state index contributed by atoms with van der Waals surface area (Å²) in [6, 6.07) is 7.16. The second kappa shape index (κ2) is 14.5. The number of carbonyl (C=O) groups is 6. The summed E-state index contributed by atoms with van der Waals surface area (Å²) >= 11 is 1.42. The zero-order valence-electron chi connectivity index (χ0n) is 28.8. The van der Waals surface area contributed by atoms with E-state index in [0.29, 0.717) is 40.9 Å². The number of benzene rings is 2. The normalized spacial score (nSPS) is 16.3. The third kappa shape index (κ3) is 6.72. The quantitative estimate of drug-likeness (QED) is 0.178. The van der Waals surface area contributed by atoms with E-state index in [4.69, 9.17) is 20.2 Å². The van der Waals surface area contributed by atoms with Crippen molar-refractivity contribution in [2.45, 2.75) is 68.6 Å². The number of hydrogen-bond acceptors (Lipinski definition) is 13. The number of nitrogens with two attached hydrogens (primary N) is 1. The Balaban J connectivity index is 1.02. The van der Waals surface area contributed by atoms with E-state index >= 15 is 0 Å². The van der Waals surface area contributed by atoms with Gasteiger partial charge < -0.3 is 30.0 Å². The van der Waals surface area contributed by atoms with Crippen LogP contribution in [0.15, 0.2) is 46.7 Å². The van der Waals surface area contributed by atoms with E-state index in [9.17, 15) is 28.8 Å². The number of aromatic nitrogens is 4. The van der Waals surface area contributed by atoms with Crippen LogP contribution in [0.1, 0.15) is 65.8 Å². The molecule has 0 spiro atoms. The van der Waals surface area contributed by atoms with Crippen molar-refractivity contribution in [3.8, 4) is 11.5 Å². The molecule has 3 aliphatic heterocycles. The summed E-state index contributed by atoms with van der Waals surface area (Å²) in [7, 11) is 0. The fourth-order valence-electron chi connectivity index (χ4n) is 6.54. The van der Waals surface area contributed by atoms with Crippen molar-refractivity contribution in [1.29, 1.82) is 0 Å². The van der Waals surface area contributed by atoms with E-state index in [1.165, 1.54) is 36.3 Å². The van der Waals surface area contributed by atoms with Crippen LogP contribution in [-0.4, -0.2) is 90.7 Å². The molecule has 1 saturated heterocycles. The lowest BCUT2D eigenvalue weighted by Crippen LogP contribution is -2.54. The number of fused-ring (bicyclic) bond motifs is 3. The molecule has 2 aromatic heterocycles. The van der Waals surface area contributed by atoms with Gasteiger partial charge >= 0.3 is 0 Å². The number of imide groups is 2. The van der Waals surface area contributed by atoms with Crippen molar-refractivity contribution in [3.63, 3.8) is 0 Å². The molecule has 0 radical (unpaired) electrons. The Hall–Kier alpha value is -6.04. The second-order valence-electron chi connectivity index (χ2n) is 12.4. The van der Waals surface area contributed by atoms with Gasteiger partial charge in [0, 0.05) is 43.8 Å². The first-order valence-electron chi connectivity index (χ1n) is 17.1. The topological polar surface area (TPSA) is 221 Å². The minimum Gasteiger partial charge on any atom is -0.454 e. The molecule has 17 nitrogen and oxygen atoms in total. The molecule has 3 aliphatic rings. The Morgan fingerprint density at radius 3 is 2.62 bits per heavy atom. The van der Waals surface area contributed by atoms with Crippen LogP contribution in [0.2, 0.25) is 0 Å². The van der Waals surface area contributed by atoms with Crippen molar-refractivity contribution in [2.75, 3.05) is 30.9 Å². The highest BCUT2D eigenvalue weighted by atomic mass is 32.2. The number of nitrogens with one attached hydrogen (secondary N) is 2. The van der Waals surface area contributed by atoms with E-state index in [-0.39, 0.29) is 67.6 Å². The van der Waals surface area contributed by atoms with Crippen molar-refractivity contribution < 1.29 is 38.2 Å². The number of piperidine rings is 1. The molecular formula is C35H35N9O8S. The Morgan fingerprint density at radius 2 is 1.87 bits per heavy atom. The number of anilines is 2. The first kappa shape index (κ1) is 35.4. The van der Waals surface area contributed by atoms with Crippen LogP contribution in [0.3, 0.4) is 0 Å². The zero-order chi connectivity index (χ0) is 37.4. The number of imidazole rings is 1. The van der Waals surface area contributed by atoms with E-state index in [2.05, 4.69) is 20.6 Å². The zero-order valence-corrected chi connectivity index (χ0v) is 29.7. The molecule has 53 heavy (non-hydrogen) atoms. The van der Waals surface area contributed by atoms with Crippen molar-refractivity contribution >= 4 is 69.9 Å². The molecule has 4 N–H and O–H groups in total. The van der Waals surface area contributed by atoms with Gasteiger partial charge in [-0.2, -0.15) is 0 Å². The van der Waals surface area contributed by atoms with Crippen LogP contribution in [0.25, 0.3) is 11.2 Å². The van der Waals surface area contributed by atoms with E-state index in [1.807, 2.05) is 30.5 Å². The van der Waals surface area contributed by atoms with Crippen LogP contribution < -0.4 is 25.8 Å². The summed E-state index contributed by atoms with van der Waals surface area (Å²) in [4.78, 5) is 93.8. The fraction of sp³-hybridized carbons (Fsp3) is 0.343. The van der Waals surface area contributed by atoms with Gasteiger partial charge in [0.05, 0.1) is 16.8 Å². The number of likely N-dealkylation sites (N-methyl/N-ethyl adjacent to an activating group) is 1. The molecule has 5 heterocycles. The van der Waals surface area contributed by atoms with Crippen LogP contribution in [-0.2, 0) is 32.1 Å². The molecule has 18 heteroatoms. The highest BCUT2D eigenvalue weighted by Crippen LogP contribution is 2.41. The minimum atomic E-state index is -1.14. The minimum absolute atomic E-state index is 0.00649. The maximum absolute atomic E-state index is 13.4. The summed E-state index contributed by atoms with van der Waals surface area (Å²) in [6.45, 7) is 5.00. The molecule has 0 saturated carbocycles. The number of ether oxygens (including phenoxy) is 2. The highest BCUT2D eigenvalue weighted by molar-refractivity contribution is 7.99. The van der Waals surface area contributed by atoms with Gasteiger partial charge in [0.15, 0.2) is 33.6 Å². The monoisotopic (exact) mass is 741 g/mol. The number of nitrogens with zero attached hydrogens (tertiary/aromatic N) is 6. The lowest BCUT2D eigenvalue weighted by Gasteiger charge is -2.27. The molecule has 0 bridgehead atoms. The van der Waals surface area contributed by atoms with E-state index in [1.54, 1.807) is 4.90 Å². The largest absolute Gasteiger partial charge is 0.454 e. The molecule has 1 fully saturated rings. The first-order chi connectivity index (χ1) is 25.6. The van der Waals surface area contributed by atoms with Gasteiger partial charge in [0.25, 0.3) is 11.8 Å². The summed E-state index contributed by atoms with van der Waals surface area (Å²) < 4.78 is 13.1. The van der Waals surface area contributed by atoms with Crippen LogP contribution in [0.5, 0.6) is 11.5 Å². The molecule has 274 valence electrons. The number of carbonyl (C=O) groups excluding carboxylic acids is 6. The van der Waals surface area contributed by atoms with E-state index < -0.39 is 35.6 Å². The van der Waals surface area contributed by atoms with Crippen LogP contribution in [0, 0.1) is 0 Å². The van der Waals surface area contributed by atoms with Gasteiger partial charge in [-0.15, -0.1) is 0 Å². The van der Waals surface area contributed by atoms with Gasteiger partial charge in [-0.1, -0.05) is 24.8 Å². The third-order valence-electron chi connectivity index (χ3n) is 9.30.